The summed E-state index contributed by atoms with van der Waals surface area (Å²) >= 11 is 0. The summed E-state index contributed by atoms with van der Waals surface area (Å²) in [4.78, 5) is 17.2. The van der Waals surface area contributed by atoms with Crippen LogP contribution in [-0.4, -0.2) is 98.3 Å². The van der Waals surface area contributed by atoms with E-state index < -0.39 is 8.07 Å². The Bertz CT molecular complexity index is 1330. The van der Waals surface area contributed by atoms with Gasteiger partial charge in [-0.15, -0.1) is 0 Å². The minimum atomic E-state index is -1.13. The highest BCUT2D eigenvalue weighted by Gasteiger charge is 2.28. The fraction of sp³-hybridized carbons (Fsp3) is 0.645. The number of aryl methyl sites for hydroxylation is 1. The molecule has 10 nitrogen and oxygen atoms in total. The number of likely N-dealkylation sites (N-methyl/N-ethyl adjacent to an activating group) is 1. The molecule has 230 valence electrons. The highest BCUT2D eigenvalue weighted by atomic mass is 28.3. The maximum absolute atomic E-state index is 6.19. The molecule has 0 amide bonds. The molecule has 1 N–H and O–H groups in total. The van der Waals surface area contributed by atoms with E-state index in [9.17, 15) is 0 Å². The average molecular weight is 595 g/mol. The van der Waals surface area contributed by atoms with Gasteiger partial charge in [0.05, 0.1) is 29.6 Å². The molecule has 0 atom stereocenters. The Morgan fingerprint density at radius 2 is 1.79 bits per heavy atom. The molecule has 5 rings (SSSR count). The van der Waals surface area contributed by atoms with Gasteiger partial charge < -0.3 is 29.5 Å². The van der Waals surface area contributed by atoms with Crippen molar-refractivity contribution in [2.45, 2.75) is 66.2 Å². The van der Waals surface area contributed by atoms with Gasteiger partial charge >= 0.3 is 6.01 Å². The van der Waals surface area contributed by atoms with Gasteiger partial charge in [0.1, 0.15) is 19.2 Å². The number of fused-ring (bicyclic) bond motifs is 2. The van der Waals surface area contributed by atoms with Crippen LogP contribution in [0.2, 0.25) is 25.7 Å². The Kier molecular flexibility index (Phi) is 10.0. The van der Waals surface area contributed by atoms with Crippen molar-refractivity contribution < 1.29 is 9.47 Å². The van der Waals surface area contributed by atoms with Crippen molar-refractivity contribution in [1.29, 1.82) is 0 Å². The number of aromatic nitrogens is 4. The molecule has 2 aliphatic heterocycles. The van der Waals surface area contributed by atoms with Crippen LogP contribution in [0, 0.1) is 6.92 Å². The third-order valence-electron chi connectivity index (χ3n) is 8.50. The van der Waals surface area contributed by atoms with E-state index in [1.54, 1.807) is 0 Å². The third kappa shape index (κ3) is 7.24. The number of nitrogens with zero attached hydrogens (tertiary/aromatic N) is 7. The Hall–Kier alpha value is -2.73. The molecular weight excluding hydrogens is 544 g/mol. The van der Waals surface area contributed by atoms with Gasteiger partial charge in [0.2, 0.25) is 0 Å². The van der Waals surface area contributed by atoms with Crippen molar-refractivity contribution in [3.63, 3.8) is 0 Å². The van der Waals surface area contributed by atoms with Crippen molar-refractivity contribution in [3.8, 4) is 6.01 Å². The van der Waals surface area contributed by atoms with Crippen LogP contribution in [0.25, 0.3) is 10.9 Å². The first-order chi connectivity index (χ1) is 20.3. The Labute approximate surface area is 252 Å². The third-order valence-corrected chi connectivity index (χ3v) is 10.2. The second-order valence-corrected chi connectivity index (χ2v) is 18.3. The monoisotopic (exact) mass is 594 g/mol. The number of ether oxygens (including phenoxy) is 2. The molecule has 2 aromatic heterocycles. The van der Waals surface area contributed by atoms with Crippen LogP contribution in [-0.2, 0) is 24.4 Å². The van der Waals surface area contributed by atoms with Gasteiger partial charge in [0.25, 0.3) is 0 Å². The molecule has 11 heteroatoms. The number of benzene rings is 1. The average Bonchev–Trinajstić information content (AvgIpc) is 3.39. The van der Waals surface area contributed by atoms with Crippen LogP contribution in [0.4, 0.5) is 11.5 Å². The van der Waals surface area contributed by atoms with Crippen molar-refractivity contribution in [3.05, 3.63) is 35.2 Å². The molecule has 0 radical (unpaired) electrons. The molecule has 2 aliphatic rings. The number of hydrogen-bond acceptors (Lipinski definition) is 9. The smallest absolute Gasteiger partial charge is 0.318 e. The van der Waals surface area contributed by atoms with E-state index in [2.05, 4.69) is 72.6 Å². The first-order valence-corrected chi connectivity index (χ1v) is 19.5. The molecule has 0 bridgehead atoms. The Balaban J connectivity index is 1.39. The lowest BCUT2D eigenvalue weighted by Gasteiger charge is -2.35. The first kappa shape index (κ1) is 30.7. The molecule has 0 spiro atoms. The van der Waals surface area contributed by atoms with Gasteiger partial charge in [-0.1, -0.05) is 39.6 Å². The first-order valence-electron chi connectivity index (χ1n) is 15.8. The molecule has 3 aromatic rings. The highest BCUT2D eigenvalue weighted by Crippen LogP contribution is 2.36. The van der Waals surface area contributed by atoms with Gasteiger partial charge in [-0.3, -0.25) is 0 Å². The van der Waals surface area contributed by atoms with Crippen molar-refractivity contribution >= 4 is 30.5 Å². The van der Waals surface area contributed by atoms with E-state index in [1.165, 1.54) is 22.2 Å². The zero-order valence-corrected chi connectivity index (χ0v) is 27.6. The van der Waals surface area contributed by atoms with Crippen molar-refractivity contribution in [2.24, 2.45) is 0 Å². The summed E-state index contributed by atoms with van der Waals surface area (Å²) in [5.41, 5.74) is 5.93. The van der Waals surface area contributed by atoms with Gasteiger partial charge in [-0.25, -0.2) is 4.68 Å². The number of anilines is 2. The van der Waals surface area contributed by atoms with Gasteiger partial charge in [-0.2, -0.15) is 15.1 Å². The predicted octanol–water partition coefficient (Wildman–Crippen LogP) is 4.14. The summed E-state index contributed by atoms with van der Waals surface area (Å²) < 4.78 is 14.2. The minimum absolute atomic E-state index is 0.481. The maximum Gasteiger partial charge on any atom is 0.318 e. The summed E-state index contributed by atoms with van der Waals surface area (Å²) in [6, 6.07) is 6.03. The largest absolute Gasteiger partial charge is 0.462 e. The lowest BCUT2D eigenvalue weighted by Crippen LogP contribution is -2.45. The van der Waals surface area contributed by atoms with E-state index in [4.69, 9.17) is 24.5 Å². The van der Waals surface area contributed by atoms with Crippen LogP contribution in [0.15, 0.2) is 18.3 Å². The van der Waals surface area contributed by atoms with Gasteiger partial charge in [0, 0.05) is 64.9 Å². The molecule has 42 heavy (non-hydrogen) atoms. The Morgan fingerprint density at radius 3 is 2.52 bits per heavy atom. The summed E-state index contributed by atoms with van der Waals surface area (Å²) in [7, 11) is -1.13. The van der Waals surface area contributed by atoms with E-state index in [-0.39, 0.29) is 0 Å². The fourth-order valence-electron chi connectivity index (χ4n) is 5.89. The summed E-state index contributed by atoms with van der Waals surface area (Å²) in [5, 5.41) is 9.37. The molecule has 1 aromatic carbocycles. The minimum Gasteiger partial charge on any atom is -0.462 e. The van der Waals surface area contributed by atoms with Crippen molar-refractivity contribution in [1.82, 2.24) is 30.0 Å². The molecular formula is C31H50N8O2Si. The second kappa shape index (κ2) is 13.7. The van der Waals surface area contributed by atoms with Crippen LogP contribution in [0.3, 0.4) is 0 Å². The molecule has 0 saturated carbocycles. The number of nitrogens with one attached hydrogen (secondary N) is 1. The van der Waals surface area contributed by atoms with Crippen LogP contribution in [0.5, 0.6) is 6.01 Å². The van der Waals surface area contributed by atoms with Crippen LogP contribution >= 0.6 is 0 Å². The topological polar surface area (TPSA) is 83.8 Å². The normalized spacial score (nSPS) is 16.0. The van der Waals surface area contributed by atoms with Gasteiger partial charge in [0.15, 0.2) is 0 Å². The van der Waals surface area contributed by atoms with Gasteiger partial charge in [-0.05, 0) is 44.1 Å². The summed E-state index contributed by atoms with van der Waals surface area (Å²) in [6.45, 7) is 23.9. The predicted molar refractivity (Wildman–Crippen MR) is 174 cm³/mol. The lowest BCUT2D eigenvalue weighted by atomic mass is 10.0. The Morgan fingerprint density at radius 1 is 1.00 bits per heavy atom. The fourth-order valence-corrected chi connectivity index (χ4v) is 6.65. The lowest BCUT2D eigenvalue weighted by molar-refractivity contribution is 0.0817. The van der Waals surface area contributed by atoms with E-state index in [0.29, 0.717) is 19.3 Å². The molecule has 1 fully saturated rings. The number of rotatable bonds is 13. The maximum atomic E-state index is 6.19. The quantitative estimate of drug-likeness (QED) is 0.232. The number of hydrogen-bond donors (Lipinski definition) is 1. The zero-order valence-electron chi connectivity index (χ0n) is 26.6. The summed E-state index contributed by atoms with van der Waals surface area (Å²) in [5.74, 6) is 1.05. The zero-order chi connectivity index (χ0) is 29.7. The van der Waals surface area contributed by atoms with E-state index in [1.807, 2.05) is 10.9 Å². The molecule has 1 saturated heterocycles. The number of piperazine rings is 1. The molecule has 4 heterocycles. The van der Waals surface area contributed by atoms with Crippen molar-refractivity contribution in [2.75, 3.05) is 75.4 Å². The highest BCUT2D eigenvalue weighted by molar-refractivity contribution is 6.76. The SMILES string of the molecule is CCN(CC)CCOc1nc2c(c(N3CCNCC3)n1)CCN(c1c(C)ccc3c1cnn3COCC[Si](C)(C)C)C2. The molecule has 0 unspecified atom stereocenters. The standard InChI is InChI=1S/C31H50N8O2Si/c1-7-36(8-2)17-18-41-31-34-27-22-38(14-11-25(27)30(35-31)37-15-12-32-13-16-37)29-24(3)9-10-28-26(29)21-33-39(28)23-40-19-20-42(4,5)6/h9-10,21,32H,7-8,11-20,22-23H2,1-6H3. The van der Waals surface area contributed by atoms with Crippen LogP contribution in [0.1, 0.15) is 30.7 Å². The molecule has 0 aliphatic carbocycles. The van der Waals surface area contributed by atoms with E-state index in [0.717, 1.165) is 95.0 Å². The summed E-state index contributed by atoms with van der Waals surface area (Å²) in [6.07, 6.45) is 2.90. The second-order valence-electron chi connectivity index (χ2n) is 12.7. The van der Waals surface area contributed by atoms with Crippen LogP contribution < -0.4 is 19.9 Å². The van der Waals surface area contributed by atoms with E-state index >= 15 is 0 Å².